The van der Waals surface area contributed by atoms with Gasteiger partial charge in [0.25, 0.3) is 0 Å². The number of aromatic nitrogens is 1. The van der Waals surface area contributed by atoms with Gasteiger partial charge < -0.3 is 0 Å². The standard InChI is InChI=1S/C16H19N/c1-2-5-12-8-9-14-11-13-6-3-4-7-15(13)17-16(14)10-12/h3-4,6-7,11-12H,2,5,8-10H2,1H3. The molecule has 1 aromatic heterocycles. The first kappa shape index (κ1) is 10.8. The molecule has 1 heterocycles. The lowest BCUT2D eigenvalue weighted by Crippen LogP contribution is -2.15. The van der Waals surface area contributed by atoms with E-state index in [9.17, 15) is 0 Å². The Bertz CT molecular complexity index is 530. The second-order valence-corrected chi connectivity index (χ2v) is 5.18. The lowest BCUT2D eigenvalue weighted by Gasteiger charge is -2.23. The largest absolute Gasteiger partial charge is 0.253 e. The summed E-state index contributed by atoms with van der Waals surface area (Å²) in [5.41, 5.74) is 3.99. The third-order valence-electron chi connectivity index (χ3n) is 3.89. The summed E-state index contributed by atoms with van der Waals surface area (Å²) in [5, 5.41) is 1.29. The van der Waals surface area contributed by atoms with Gasteiger partial charge in [-0.1, -0.05) is 38.0 Å². The van der Waals surface area contributed by atoms with Crippen LogP contribution in [0, 0.1) is 5.92 Å². The van der Waals surface area contributed by atoms with Gasteiger partial charge in [-0.3, -0.25) is 4.98 Å². The summed E-state index contributed by atoms with van der Waals surface area (Å²) in [4.78, 5) is 4.85. The smallest absolute Gasteiger partial charge is 0.0705 e. The van der Waals surface area contributed by atoms with E-state index in [2.05, 4.69) is 37.3 Å². The van der Waals surface area contributed by atoms with Crippen molar-refractivity contribution in [3.05, 3.63) is 41.6 Å². The van der Waals surface area contributed by atoms with Crippen LogP contribution in [0.4, 0.5) is 0 Å². The number of benzene rings is 1. The molecule has 2 aromatic rings. The predicted molar refractivity (Wildman–Crippen MR) is 72.2 cm³/mol. The Balaban J connectivity index is 1.99. The van der Waals surface area contributed by atoms with Crippen molar-refractivity contribution < 1.29 is 0 Å². The van der Waals surface area contributed by atoms with Crippen molar-refractivity contribution in [3.63, 3.8) is 0 Å². The van der Waals surface area contributed by atoms with E-state index in [4.69, 9.17) is 4.98 Å². The van der Waals surface area contributed by atoms with E-state index < -0.39 is 0 Å². The summed E-state index contributed by atoms with van der Waals surface area (Å²) < 4.78 is 0. The molecule has 0 bridgehead atoms. The van der Waals surface area contributed by atoms with E-state index in [-0.39, 0.29) is 0 Å². The van der Waals surface area contributed by atoms with E-state index in [0.29, 0.717) is 0 Å². The summed E-state index contributed by atoms with van der Waals surface area (Å²) in [5.74, 6) is 0.862. The van der Waals surface area contributed by atoms with Crippen LogP contribution < -0.4 is 0 Å². The molecule has 0 amide bonds. The monoisotopic (exact) mass is 225 g/mol. The molecular formula is C16H19N. The Labute approximate surface area is 103 Å². The van der Waals surface area contributed by atoms with Gasteiger partial charge in [0.2, 0.25) is 0 Å². The number of para-hydroxylation sites is 1. The third kappa shape index (κ3) is 2.06. The highest BCUT2D eigenvalue weighted by atomic mass is 14.7. The van der Waals surface area contributed by atoms with E-state index in [1.165, 1.54) is 48.7 Å². The summed E-state index contributed by atoms with van der Waals surface area (Å²) in [7, 11) is 0. The lowest BCUT2D eigenvalue weighted by atomic mass is 9.84. The molecule has 0 saturated carbocycles. The fraction of sp³-hybridized carbons (Fsp3) is 0.438. The Morgan fingerprint density at radius 1 is 1.29 bits per heavy atom. The molecule has 88 valence electrons. The Kier molecular flexibility index (Phi) is 2.84. The minimum Gasteiger partial charge on any atom is -0.253 e. The number of hydrogen-bond acceptors (Lipinski definition) is 1. The number of nitrogens with zero attached hydrogens (tertiary/aromatic N) is 1. The van der Waals surface area contributed by atoms with Crippen molar-refractivity contribution >= 4 is 10.9 Å². The molecular weight excluding hydrogens is 206 g/mol. The molecule has 3 rings (SSSR count). The number of fused-ring (bicyclic) bond motifs is 2. The average Bonchev–Trinajstić information content (AvgIpc) is 2.36. The van der Waals surface area contributed by atoms with Crippen LogP contribution in [0.5, 0.6) is 0 Å². The third-order valence-corrected chi connectivity index (χ3v) is 3.89. The summed E-state index contributed by atoms with van der Waals surface area (Å²) in [6, 6.07) is 10.8. The number of aryl methyl sites for hydroxylation is 1. The molecule has 0 spiro atoms. The van der Waals surface area contributed by atoms with Gasteiger partial charge in [0.15, 0.2) is 0 Å². The van der Waals surface area contributed by atoms with Crippen molar-refractivity contribution in [2.45, 2.75) is 39.0 Å². The van der Waals surface area contributed by atoms with E-state index in [0.717, 1.165) is 11.4 Å². The molecule has 1 aliphatic rings. The molecule has 0 fully saturated rings. The summed E-state index contributed by atoms with van der Waals surface area (Å²) in [6.07, 6.45) is 6.41. The number of rotatable bonds is 2. The van der Waals surface area contributed by atoms with Gasteiger partial charge in [0.05, 0.1) is 5.52 Å². The zero-order chi connectivity index (χ0) is 11.7. The lowest BCUT2D eigenvalue weighted by molar-refractivity contribution is 0.417. The van der Waals surface area contributed by atoms with Crippen LogP contribution in [0.1, 0.15) is 37.4 Å². The summed E-state index contributed by atoms with van der Waals surface area (Å²) in [6.45, 7) is 2.28. The Hall–Kier alpha value is -1.37. The number of pyridine rings is 1. The molecule has 1 aliphatic carbocycles. The van der Waals surface area contributed by atoms with Crippen LogP contribution in [-0.4, -0.2) is 4.98 Å². The molecule has 0 aliphatic heterocycles. The van der Waals surface area contributed by atoms with E-state index >= 15 is 0 Å². The number of hydrogen-bond donors (Lipinski definition) is 0. The van der Waals surface area contributed by atoms with Crippen molar-refractivity contribution in [2.24, 2.45) is 5.92 Å². The fourth-order valence-electron chi connectivity index (χ4n) is 2.98. The molecule has 1 atom stereocenters. The highest BCUT2D eigenvalue weighted by Crippen LogP contribution is 2.29. The van der Waals surface area contributed by atoms with Gasteiger partial charge in [0, 0.05) is 11.1 Å². The quantitative estimate of drug-likeness (QED) is 0.748. The molecule has 17 heavy (non-hydrogen) atoms. The van der Waals surface area contributed by atoms with Crippen LogP contribution in [0.15, 0.2) is 30.3 Å². The Morgan fingerprint density at radius 3 is 3.06 bits per heavy atom. The molecule has 1 nitrogen and oxygen atoms in total. The minimum absolute atomic E-state index is 0.862. The van der Waals surface area contributed by atoms with Crippen molar-refractivity contribution in [3.8, 4) is 0 Å². The second-order valence-electron chi connectivity index (χ2n) is 5.18. The van der Waals surface area contributed by atoms with Crippen molar-refractivity contribution in [1.82, 2.24) is 4.98 Å². The fourth-order valence-corrected chi connectivity index (χ4v) is 2.98. The van der Waals surface area contributed by atoms with Crippen LogP contribution in [0.2, 0.25) is 0 Å². The van der Waals surface area contributed by atoms with Crippen LogP contribution in [0.25, 0.3) is 10.9 Å². The predicted octanol–water partition coefficient (Wildman–Crippen LogP) is 4.14. The minimum atomic E-state index is 0.862. The average molecular weight is 225 g/mol. The maximum absolute atomic E-state index is 4.85. The van der Waals surface area contributed by atoms with Gasteiger partial charge >= 0.3 is 0 Å². The Morgan fingerprint density at radius 2 is 2.18 bits per heavy atom. The second kappa shape index (κ2) is 4.48. The molecule has 1 heteroatoms. The maximum atomic E-state index is 4.85. The first-order valence-corrected chi connectivity index (χ1v) is 6.74. The molecule has 1 aromatic carbocycles. The normalized spacial score (nSPS) is 19.2. The molecule has 0 N–H and O–H groups in total. The topological polar surface area (TPSA) is 12.9 Å². The van der Waals surface area contributed by atoms with E-state index in [1.54, 1.807) is 0 Å². The highest BCUT2D eigenvalue weighted by molar-refractivity contribution is 5.79. The van der Waals surface area contributed by atoms with Gasteiger partial charge in [0.1, 0.15) is 0 Å². The van der Waals surface area contributed by atoms with Crippen molar-refractivity contribution in [2.75, 3.05) is 0 Å². The van der Waals surface area contributed by atoms with Crippen LogP contribution >= 0.6 is 0 Å². The maximum Gasteiger partial charge on any atom is 0.0705 e. The zero-order valence-corrected chi connectivity index (χ0v) is 10.4. The highest BCUT2D eigenvalue weighted by Gasteiger charge is 2.19. The van der Waals surface area contributed by atoms with Crippen molar-refractivity contribution in [1.29, 1.82) is 0 Å². The van der Waals surface area contributed by atoms with Crippen LogP contribution in [0.3, 0.4) is 0 Å². The SMILES string of the molecule is CCCC1CCc2cc3ccccc3nc2C1. The first-order valence-electron chi connectivity index (χ1n) is 6.74. The van der Waals surface area contributed by atoms with Gasteiger partial charge in [-0.15, -0.1) is 0 Å². The van der Waals surface area contributed by atoms with Gasteiger partial charge in [-0.25, -0.2) is 0 Å². The van der Waals surface area contributed by atoms with Gasteiger partial charge in [-0.2, -0.15) is 0 Å². The van der Waals surface area contributed by atoms with E-state index in [1.807, 2.05) is 0 Å². The molecule has 1 unspecified atom stereocenters. The first-order chi connectivity index (χ1) is 8.36. The zero-order valence-electron chi connectivity index (χ0n) is 10.4. The molecule has 0 saturated heterocycles. The van der Waals surface area contributed by atoms with Crippen LogP contribution in [-0.2, 0) is 12.8 Å². The molecule has 0 radical (unpaired) electrons. The summed E-state index contributed by atoms with van der Waals surface area (Å²) >= 11 is 0. The van der Waals surface area contributed by atoms with Gasteiger partial charge in [-0.05, 0) is 42.9 Å².